The van der Waals surface area contributed by atoms with E-state index in [1.807, 2.05) is 0 Å². The Hall–Kier alpha value is -4.21. The number of benzene rings is 2. The van der Waals surface area contributed by atoms with Crippen LogP contribution in [0.5, 0.6) is 11.6 Å². The number of hydrazine groups is 1. The van der Waals surface area contributed by atoms with Crippen molar-refractivity contribution in [1.82, 2.24) is 15.4 Å². The van der Waals surface area contributed by atoms with E-state index in [1.165, 1.54) is 49.8 Å². The molecular weight excluding hydrogens is 381 g/mol. The van der Waals surface area contributed by atoms with Crippen LogP contribution in [0.15, 0.2) is 54.9 Å². The zero-order chi connectivity index (χ0) is 20.8. The van der Waals surface area contributed by atoms with Crippen LogP contribution in [0.1, 0.15) is 20.7 Å². The Balaban J connectivity index is 1.68. The summed E-state index contributed by atoms with van der Waals surface area (Å²) < 4.78 is 23.2. The predicted molar refractivity (Wildman–Crippen MR) is 102 cm³/mol. The van der Waals surface area contributed by atoms with E-state index < -0.39 is 17.7 Å². The lowest BCUT2D eigenvalue weighted by atomic mass is 10.2. The SMILES string of the molecule is COC(=O)c1ccc(Oc2ncnc(NNC(=O)c3ccc(F)cc3)c2N)cc1. The molecule has 0 aliphatic rings. The summed E-state index contributed by atoms with van der Waals surface area (Å²) in [4.78, 5) is 31.4. The van der Waals surface area contributed by atoms with E-state index in [1.54, 1.807) is 12.1 Å². The number of amides is 1. The van der Waals surface area contributed by atoms with E-state index in [0.717, 1.165) is 0 Å². The summed E-state index contributed by atoms with van der Waals surface area (Å²) in [6.07, 6.45) is 1.20. The molecule has 29 heavy (non-hydrogen) atoms. The van der Waals surface area contributed by atoms with Gasteiger partial charge in [-0.15, -0.1) is 0 Å². The highest BCUT2D eigenvalue weighted by atomic mass is 19.1. The third-order valence-corrected chi connectivity index (χ3v) is 3.74. The van der Waals surface area contributed by atoms with Crippen molar-refractivity contribution in [2.45, 2.75) is 0 Å². The molecule has 0 fully saturated rings. The third kappa shape index (κ3) is 4.75. The van der Waals surface area contributed by atoms with Crippen molar-refractivity contribution < 1.29 is 23.5 Å². The molecule has 0 spiro atoms. The number of nitrogens with one attached hydrogen (secondary N) is 2. The monoisotopic (exact) mass is 397 g/mol. The number of halogens is 1. The van der Waals surface area contributed by atoms with E-state index in [0.29, 0.717) is 11.3 Å². The Morgan fingerprint density at radius 2 is 1.66 bits per heavy atom. The minimum atomic E-state index is -0.510. The van der Waals surface area contributed by atoms with Gasteiger partial charge in [0.05, 0.1) is 12.7 Å². The molecule has 0 aliphatic carbocycles. The second kappa shape index (κ2) is 8.65. The molecule has 0 bridgehead atoms. The Morgan fingerprint density at radius 1 is 1.00 bits per heavy atom. The van der Waals surface area contributed by atoms with Crippen LogP contribution in [0.4, 0.5) is 15.9 Å². The van der Waals surface area contributed by atoms with Gasteiger partial charge in [0, 0.05) is 5.56 Å². The van der Waals surface area contributed by atoms with Gasteiger partial charge in [0.1, 0.15) is 23.6 Å². The van der Waals surface area contributed by atoms with Gasteiger partial charge >= 0.3 is 5.97 Å². The summed E-state index contributed by atoms with van der Waals surface area (Å²) in [6, 6.07) is 11.2. The number of aromatic nitrogens is 2. The maximum atomic E-state index is 12.9. The van der Waals surface area contributed by atoms with Gasteiger partial charge in [0.2, 0.25) is 5.88 Å². The van der Waals surface area contributed by atoms with E-state index in [-0.39, 0.29) is 22.9 Å². The number of esters is 1. The highest BCUT2D eigenvalue weighted by molar-refractivity contribution is 5.95. The maximum Gasteiger partial charge on any atom is 0.337 e. The van der Waals surface area contributed by atoms with Crippen LogP contribution in [0.2, 0.25) is 0 Å². The zero-order valence-electron chi connectivity index (χ0n) is 15.2. The molecular formula is C19H16FN5O4. The molecule has 0 atom stereocenters. The average molecular weight is 397 g/mol. The van der Waals surface area contributed by atoms with Gasteiger partial charge in [-0.2, -0.15) is 4.98 Å². The molecule has 3 aromatic rings. The zero-order valence-corrected chi connectivity index (χ0v) is 15.2. The highest BCUT2D eigenvalue weighted by Gasteiger charge is 2.13. The van der Waals surface area contributed by atoms with Crippen molar-refractivity contribution >= 4 is 23.4 Å². The van der Waals surface area contributed by atoms with Crippen molar-refractivity contribution in [3.05, 3.63) is 71.8 Å². The topological polar surface area (TPSA) is 128 Å². The number of anilines is 2. The number of nitrogens with zero attached hydrogens (tertiary/aromatic N) is 2. The van der Waals surface area contributed by atoms with Crippen molar-refractivity contribution in [1.29, 1.82) is 0 Å². The van der Waals surface area contributed by atoms with Gasteiger partial charge in [-0.3, -0.25) is 15.6 Å². The van der Waals surface area contributed by atoms with E-state index in [9.17, 15) is 14.0 Å². The summed E-state index contributed by atoms with van der Waals surface area (Å²) in [7, 11) is 1.29. The summed E-state index contributed by atoms with van der Waals surface area (Å²) in [5.74, 6) is -0.897. The maximum absolute atomic E-state index is 12.9. The number of carbonyl (C=O) groups excluding carboxylic acids is 2. The third-order valence-electron chi connectivity index (χ3n) is 3.74. The molecule has 2 aromatic carbocycles. The largest absolute Gasteiger partial charge is 0.465 e. The lowest BCUT2D eigenvalue weighted by Gasteiger charge is -2.12. The lowest BCUT2D eigenvalue weighted by molar-refractivity contribution is 0.0600. The molecule has 1 amide bonds. The Bertz CT molecular complexity index is 1030. The molecule has 3 rings (SSSR count). The first-order valence-corrected chi connectivity index (χ1v) is 8.26. The van der Waals surface area contributed by atoms with Crippen LogP contribution < -0.4 is 21.3 Å². The lowest BCUT2D eigenvalue weighted by Crippen LogP contribution is -2.30. The molecule has 0 saturated carbocycles. The van der Waals surface area contributed by atoms with E-state index >= 15 is 0 Å². The summed E-state index contributed by atoms with van der Waals surface area (Å²) in [6.45, 7) is 0. The second-order valence-corrected chi connectivity index (χ2v) is 5.65. The van der Waals surface area contributed by atoms with Crippen molar-refractivity contribution in [3.8, 4) is 11.6 Å². The van der Waals surface area contributed by atoms with Crippen molar-refractivity contribution in [3.63, 3.8) is 0 Å². The Labute approximate surface area is 164 Å². The molecule has 9 nitrogen and oxygen atoms in total. The highest BCUT2D eigenvalue weighted by Crippen LogP contribution is 2.29. The van der Waals surface area contributed by atoms with Crippen LogP contribution in [0.3, 0.4) is 0 Å². The Kier molecular flexibility index (Phi) is 5.83. The van der Waals surface area contributed by atoms with E-state index in [4.69, 9.17) is 10.5 Å². The summed E-state index contributed by atoms with van der Waals surface area (Å²) in [5, 5.41) is 0. The number of hydrogen-bond acceptors (Lipinski definition) is 8. The van der Waals surface area contributed by atoms with Crippen molar-refractivity contribution in [2.75, 3.05) is 18.3 Å². The number of rotatable bonds is 6. The number of nitrogens with two attached hydrogens (primary N) is 1. The minimum Gasteiger partial charge on any atom is -0.465 e. The van der Waals surface area contributed by atoms with Gasteiger partial charge in [-0.25, -0.2) is 14.2 Å². The number of carbonyl (C=O) groups is 2. The van der Waals surface area contributed by atoms with Gasteiger partial charge in [-0.05, 0) is 48.5 Å². The molecule has 0 aliphatic heterocycles. The van der Waals surface area contributed by atoms with Gasteiger partial charge in [-0.1, -0.05) is 0 Å². The Morgan fingerprint density at radius 3 is 2.31 bits per heavy atom. The first-order chi connectivity index (χ1) is 14.0. The smallest absolute Gasteiger partial charge is 0.337 e. The predicted octanol–water partition coefficient (Wildman–Crippen LogP) is 2.53. The number of nitrogen functional groups attached to an aromatic ring is 1. The van der Waals surface area contributed by atoms with Crippen LogP contribution in [-0.4, -0.2) is 29.0 Å². The fourth-order valence-electron chi connectivity index (χ4n) is 2.24. The normalized spacial score (nSPS) is 10.1. The van der Waals surface area contributed by atoms with Crippen molar-refractivity contribution in [2.24, 2.45) is 0 Å². The number of ether oxygens (including phenoxy) is 2. The minimum absolute atomic E-state index is 0.0453. The first-order valence-electron chi connectivity index (χ1n) is 8.26. The molecule has 0 radical (unpaired) electrons. The standard InChI is InChI=1S/C19H16FN5O4/c1-28-19(27)12-4-8-14(9-5-12)29-18-15(21)16(22-10-23-18)24-25-17(26)11-2-6-13(20)7-3-11/h2-10H,21H2,1H3,(H,25,26)(H,22,23,24). The van der Waals surface area contributed by atoms with Crippen LogP contribution >= 0.6 is 0 Å². The van der Waals surface area contributed by atoms with Gasteiger partial charge in [0.15, 0.2) is 5.82 Å². The first kappa shape index (κ1) is 19.5. The molecule has 4 N–H and O–H groups in total. The van der Waals surface area contributed by atoms with Crippen LogP contribution in [0.25, 0.3) is 0 Å². The van der Waals surface area contributed by atoms with Crippen LogP contribution in [-0.2, 0) is 4.74 Å². The fraction of sp³-hybridized carbons (Fsp3) is 0.0526. The summed E-state index contributed by atoms with van der Waals surface area (Å²) in [5.41, 5.74) is 11.6. The quantitative estimate of drug-likeness (QED) is 0.428. The number of hydrogen-bond donors (Lipinski definition) is 3. The second-order valence-electron chi connectivity index (χ2n) is 5.65. The molecule has 1 aromatic heterocycles. The average Bonchev–Trinajstić information content (AvgIpc) is 2.74. The molecule has 148 valence electrons. The fourth-order valence-corrected chi connectivity index (χ4v) is 2.24. The van der Waals surface area contributed by atoms with E-state index in [2.05, 4.69) is 25.6 Å². The van der Waals surface area contributed by atoms with Gasteiger partial charge < -0.3 is 15.2 Å². The molecule has 0 unspecified atom stereocenters. The molecule has 1 heterocycles. The summed E-state index contributed by atoms with van der Waals surface area (Å²) >= 11 is 0. The molecule has 10 heteroatoms. The number of methoxy groups -OCH3 is 1. The molecule has 0 saturated heterocycles. The van der Waals surface area contributed by atoms with Crippen LogP contribution in [0, 0.1) is 5.82 Å². The van der Waals surface area contributed by atoms with Gasteiger partial charge in [0.25, 0.3) is 5.91 Å².